The van der Waals surface area contributed by atoms with Crippen molar-refractivity contribution in [3.05, 3.63) is 42.0 Å². The maximum absolute atomic E-state index is 5.54. The highest BCUT2D eigenvalue weighted by atomic mass is 16.5. The van der Waals surface area contributed by atoms with Crippen LogP contribution in [0.15, 0.2) is 36.4 Å². The minimum absolute atomic E-state index is 0.236. The molecule has 2 heteroatoms. The fourth-order valence-corrected chi connectivity index (χ4v) is 2.85. The highest BCUT2D eigenvalue weighted by molar-refractivity contribution is 5.35. The van der Waals surface area contributed by atoms with Gasteiger partial charge in [-0.3, -0.25) is 0 Å². The molecule has 0 spiro atoms. The van der Waals surface area contributed by atoms with Gasteiger partial charge in [0, 0.05) is 12.0 Å². The number of rotatable bonds is 7. The second-order valence-electron chi connectivity index (χ2n) is 6.14. The summed E-state index contributed by atoms with van der Waals surface area (Å²) in [6.07, 6.45) is 6.89. The second kappa shape index (κ2) is 6.94. The number of allylic oxidation sites excluding steroid dienone is 2. The van der Waals surface area contributed by atoms with Crippen LogP contribution in [-0.2, 0) is 5.41 Å². The van der Waals surface area contributed by atoms with Crippen molar-refractivity contribution in [3.8, 4) is 5.75 Å². The van der Waals surface area contributed by atoms with Gasteiger partial charge in [0.25, 0.3) is 0 Å². The van der Waals surface area contributed by atoms with E-state index >= 15 is 0 Å². The van der Waals surface area contributed by atoms with E-state index in [1.807, 2.05) is 6.92 Å². The minimum atomic E-state index is 0.236. The summed E-state index contributed by atoms with van der Waals surface area (Å²) in [4.78, 5) is 0. The van der Waals surface area contributed by atoms with E-state index in [0.29, 0.717) is 5.92 Å². The molecule has 0 aromatic heterocycles. The summed E-state index contributed by atoms with van der Waals surface area (Å²) in [5, 5.41) is 3.63. The van der Waals surface area contributed by atoms with Gasteiger partial charge in [0.05, 0.1) is 6.61 Å². The molecule has 1 aromatic carbocycles. The molecule has 0 unspecified atom stereocenters. The summed E-state index contributed by atoms with van der Waals surface area (Å²) < 4.78 is 5.54. The van der Waals surface area contributed by atoms with Gasteiger partial charge in [0.15, 0.2) is 0 Å². The summed E-state index contributed by atoms with van der Waals surface area (Å²) in [6, 6.07) is 8.66. The molecule has 0 saturated heterocycles. The predicted molar refractivity (Wildman–Crippen MR) is 85.4 cm³/mol. The van der Waals surface area contributed by atoms with Gasteiger partial charge in [-0.2, -0.15) is 0 Å². The van der Waals surface area contributed by atoms with Gasteiger partial charge in [0.1, 0.15) is 5.75 Å². The molecule has 20 heavy (non-hydrogen) atoms. The molecule has 0 bridgehead atoms. The first kappa shape index (κ1) is 15.1. The Bertz CT molecular complexity index is 425. The number of hydrogen-bond donors (Lipinski definition) is 1. The third kappa shape index (κ3) is 3.63. The highest BCUT2D eigenvalue weighted by Gasteiger charge is 2.32. The van der Waals surface area contributed by atoms with Crippen LogP contribution in [0.3, 0.4) is 0 Å². The Morgan fingerprint density at radius 3 is 2.35 bits per heavy atom. The molecule has 1 aliphatic carbocycles. The summed E-state index contributed by atoms with van der Waals surface area (Å²) >= 11 is 0. The molecule has 0 saturated carbocycles. The van der Waals surface area contributed by atoms with Gasteiger partial charge in [-0.05, 0) is 49.9 Å². The van der Waals surface area contributed by atoms with Crippen LogP contribution in [0.25, 0.3) is 0 Å². The summed E-state index contributed by atoms with van der Waals surface area (Å²) in [5.74, 6) is 1.66. The van der Waals surface area contributed by atoms with E-state index in [9.17, 15) is 0 Å². The molecule has 0 radical (unpaired) electrons. The van der Waals surface area contributed by atoms with E-state index in [4.69, 9.17) is 4.74 Å². The van der Waals surface area contributed by atoms with Gasteiger partial charge in [-0.1, -0.05) is 38.1 Å². The predicted octanol–water partition coefficient (Wildman–Crippen LogP) is 3.92. The Morgan fingerprint density at radius 2 is 1.80 bits per heavy atom. The molecule has 110 valence electrons. The average molecular weight is 273 g/mol. The molecule has 0 heterocycles. The number of hydrogen-bond acceptors (Lipinski definition) is 2. The SMILES string of the molecule is CCOc1ccc(C2(CNCC(C)C)CC=CC2)cc1. The first-order valence-corrected chi connectivity index (χ1v) is 7.75. The van der Waals surface area contributed by atoms with Crippen molar-refractivity contribution >= 4 is 0 Å². The second-order valence-corrected chi connectivity index (χ2v) is 6.14. The maximum atomic E-state index is 5.54. The lowest BCUT2D eigenvalue weighted by Crippen LogP contribution is -2.37. The van der Waals surface area contributed by atoms with E-state index in [0.717, 1.165) is 38.3 Å². The van der Waals surface area contributed by atoms with Crippen LogP contribution in [0.5, 0.6) is 5.75 Å². The van der Waals surface area contributed by atoms with Crippen LogP contribution in [0.4, 0.5) is 0 Å². The molecular weight excluding hydrogens is 246 g/mol. The Kier molecular flexibility index (Phi) is 5.24. The molecule has 0 fully saturated rings. The van der Waals surface area contributed by atoms with Crippen molar-refractivity contribution < 1.29 is 4.74 Å². The molecular formula is C18H27NO. The zero-order valence-electron chi connectivity index (χ0n) is 13.0. The lowest BCUT2D eigenvalue weighted by Gasteiger charge is -2.30. The zero-order valence-corrected chi connectivity index (χ0v) is 13.0. The van der Waals surface area contributed by atoms with Crippen molar-refractivity contribution in [1.29, 1.82) is 0 Å². The van der Waals surface area contributed by atoms with E-state index in [1.165, 1.54) is 5.56 Å². The lowest BCUT2D eigenvalue weighted by molar-refractivity contribution is 0.339. The topological polar surface area (TPSA) is 21.3 Å². The van der Waals surface area contributed by atoms with Gasteiger partial charge in [0.2, 0.25) is 0 Å². The largest absolute Gasteiger partial charge is 0.494 e. The van der Waals surface area contributed by atoms with Crippen LogP contribution < -0.4 is 10.1 Å². The van der Waals surface area contributed by atoms with E-state index in [1.54, 1.807) is 0 Å². The molecule has 0 aliphatic heterocycles. The van der Waals surface area contributed by atoms with E-state index in [2.05, 4.69) is 55.6 Å². The Labute approximate surface area is 123 Å². The fourth-order valence-electron chi connectivity index (χ4n) is 2.85. The van der Waals surface area contributed by atoms with E-state index in [-0.39, 0.29) is 5.41 Å². The quantitative estimate of drug-likeness (QED) is 0.760. The van der Waals surface area contributed by atoms with Gasteiger partial charge in [-0.15, -0.1) is 0 Å². The maximum Gasteiger partial charge on any atom is 0.119 e. The van der Waals surface area contributed by atoms with Crippen LogP contribution in [-0.4, -0.2) is 19.7 Å². The van der Waals surface area contributed by atoms with Crippen LogP contribution in [0, 0.1) is 5.92 Å². The standard InChI is InChI=1S/C18H27NO/c1-4-20-17-9-7-16(8-10-17)18(11-5-6-12-18)14-19-13-15(2)3/h5-10,15,19H,4,11-14H2,1-3H3. The normalized spacial score (nSPS) is 16.8. The van der Waals surface area contributed by atoms with Crippen molar-refractivity contribution in [1.82, 2.24) is 5.32 Å². The van der Waals surface area contributed by atoms with E-state index < -0.39 is 0 Å². The lowest BCUT2D eigenvalue weighted by atomic mass is 9.78. The number of nitrogens with one attached hydrogen (secondary N) is 1. The molecule has 1 N–H and O–H groups in total. The molecule has 2 nitrogen and oxygen atoms in total. The van der Waals surface area contributed by atoms with Gasteiger partial charge in [-0.25, -0.2) is 0 Å². The summed E-state index contributed by atoms with van der Waals surface area (Å²) in [5.41, 5.74) is 1.65. The Hall–Kier alpha value is -1.28. The molecule has 0 atom stereocenters. The monoisotopic (exact) mass is 273 g/mol. The first-order chi connectivity index (χ1) is 9.66. The van der Waals surface area contributed by atoms with Crippen molar-refractivity contribution in [3.63, 3.8) is 0 Å². The first-order valence-electron chi connectivity index (χ1n) is 7.75. The van der Waals surface area contributed by atoms with Gasteiger partial charge >= 0.3 is 0 Å². The molecule has 1 aromatic rings. The van der Waals surface area contributed by atoms with Gasteiger partial charge < -0.3 is 10.1 Å². The summed E-state index contributed by atoms with van der Waals surface area (Å²) in [7, 11) is 0. The zero-order chi connectivity index (χ0) is 14.4. The van der Waals surface area contributed by atoms with Crippen molar-refractivity contribution in [2.45, 2.75) is 39.0 Å². The summed E-state index contributed by atoms with van der Waals surface area (Å²) in [6.45, 7) is 9.38. The number of ether oxygens (including phenoxy) is 1. The van der Waals surface area contributed by atoms with Crippen LogP contribution >= 0.6 is 0 Å². The van der Waals surface area contributed by atoms with Crippen molar-refractivity contribution in [2.75, 3.05) is 19.7 Å². The molecule has 2 rings (SSSR count). The number of benzene rings is 1. The third-order valence-corrected chi connectivity index (χ3v) is 3.98. The minimum Gasteiger partial charge on any atom is -0.494 e. The van der Waals surface area contributed by atoms with Crippen LogP contribution in [0.1, 0.15) is 39.2 Å². The average Bonchev–Trinajstić information content (AvgIpc) is 2.89. The van der Waals surface area contributed by atoms with Crippen LogP contribution in [0.2, 0.25) is 0 Å². The smallest absolute Gasteiger partial charge is 0.119 e. The Morgan fingerprint density at radius 1 is 1.15 bits per heavy atom. The van der Waals surface area contributed by atoms with Crippen molar-refractivity contribution in [2.24, 2.45) is 5.92 Å². The molecule has 0 amide bonds. The Balaban J connectivity index is 2.07. The fraction of sp³-hybridized carbons (Fsp3) is 0.556. The highest BCUT2D eigenvalue weighted by Crippen LogP contribution is 2.37. The third-order valence-electron chi connectivity index (χ3n) is 3.98. The molecule has 1 aliphatic rings.